The van der Waals surface area contributed by atoms with E-state index in [0.29, 0.717) is 21.4 Å². The van der Waals surface area contributed by atoms with E-state index in [1.807, 2.05) is 30.3 Å². The molecule has 0 bridgehead atoms. The number of hydrogen-bond acceptors (Lipinski definition) is 6. The van der Waals surface area contributed by atoms with Crippen molar-refractivity contribution < 1.29 is 22.7 Å². The van der Waals surface area contributed by atoms with Crippen molar-refractivity contribution in [2.24, 2.45) is 4.99 Å². The van der Waals surface area contributed by atoms with Crippen molar-refractivity contribution in [2.75, 3.05) is 13.4 Å². The van der Waals surface area contributed by atoms with Crippen molar-refractivity contribution in [2.45, 2.75) is 24.3 Å². The van der Waals surface area contributed by atoms with E-state index >= 15 is 0 Å². The van der Waals surface area contributed by atoms with Gasteiger partial charge in [-0.1, -0.05) is 41.7 Å². The Bertz CT molecular complexity index is 1220. The number of fused-ring (bicyclic) bond motifs is 1. The Balaban J connectivity index is 1.99. The molecular weight excluding hydrogens is 412 g/mol. The van der Waals surface area contributed by atoms with Crippen molar-refractivity contribution in [1.82, 2.24) is 4.57 Å². The van der Waals surface area contributed by atoms with Crippen molar-refractivity contribution in [3.05, 3.63) is 58.9 Å². The second-order valence-corrected chi connectivity index (χ2v) is 9.46. The number of aryl methyl sites for hydroxylation is 1. The average Bonchev–Trinajstić information content (AvgIpc) is 3.02. The molecule has 1 aromatic heterocycles. The molecule has 3 rings (SSSR count). The fourth-order valence-corrected chi connectivity index (χ4v) is 4.58. The van der Waals surface area contributed by atoms with Gasteiger partial charge in [-0.2, -0.15) is 4.99 Å². The highest BCUT2D eigenvalue weighted by Crippen LogP contribution is 2.22. The van der Waals surface area contributed by atoms with Gasteiger partial charge >= 0.3 is 5.97 Å². The maximum atomic E-state index is 12.4. The van der Waals surface area contributed by atoms with Gasteiger partial charge in [-0.05, 0) is 30.2 Å². The Morgan fingerprint density at radius 2 is 1.86 bits per heavy atom. The van der Waals surface area contributed by atoms with E-state index in [9.17, 15) is 18.0 Å². The number of methoxy groups -OCH3 is 1. The van der Waals surface area contributed by atoms with Crippen molar-refractivity contribution in [3.8, 4) is 0 Å². The molecule has 1 amide bonds. The number of carbonyl (C=O) groups excluding carboxylic acids is 2. The van der Waals surface area contributed by atoms with E-state index in [-0.39, 0.29) is 23.8 Å². The number of hydrogen-bond donors (Lipinski definition) is 0. The van der Waals surface area contributed by atoms with Crippen LogP contribution in [0.4, 0.5) is 0 Å². The second kappa shape index (κ2) is 8.71. The monoisotopic (exact) mass is 432 g/mol. The summed E-state index contributed by atoms with van der Waals surface area (Å²) in [6.07, 6.45) is 1.91. The molecule has 0 saturated carbocycles. The number of esters is 1. The fourth-order valence-electron chi connectivity index (χ4n) is 2.77. The van der Waals surface area contributed by atoms with Crippen LogP contribution in [0.1, 0.15) is 12.0 Å². The lowest BCUT2D eigenvalue weighted by molar-refractivity contribution is -0.141. The van der Waals surface area contributed by atoms with Gasteiger partial charge in [-0.3, -0.25) is 9.59 Å². The number of thiazole rings is 1. The van der Waals surface area contributed by atoms with Gasteiger partial charge in [0.1, 0.15) is 6.54 Å². The lowest BCUT2D eigenvalue weighted by Crippen LogP contribution is -2.22. The summed E-state index contributed by atoms with van der Waals surface area (Å²) in [6, 6.07) is 14.2. The van der Waals surface area contributed by atoms with Crippen molar-refractivity contribution in [3.63, 3.8) is 0 Å². The number of benzene rings is 2. The molecule has 0 fully saturated rings. The summed E-state index contributed by atoms with van der Waals surface area (Å²) >= 11 is 1.16. The zero-order chi connectivity index (χ0) is 21.0. The third-order valence-corrected chi connectivity index (χ3v) is 6.44. The molecule has 2 aromatic carbocycles. The van der Waals surface area contributed by atoms with Gasteiger partial charge in [0.15, 0.2) is 14.6 Å². The predicted molar refractivity (Wildman–Crippen MR) is 110 cm³/mol. The molecule has 0 aliphatic rings. The summed E-state index contributed by atoms with van der Waals surface area (Å²) < 4.78 is 30.6. The zero-order valence-corrected chi connectivity index (χ0v) is 17.6. The van der Waals surface area contributed by atoms with Gasteiger partial charge in [0.25, 0.3) is 0 Å². The molecule has 0 radical (unpaired) electrons. The van der Waals surface area contributed by atoms with E-state index in [4.69, 9.17) is 4.74 Å². The van der Waals surface area contributed by atoms with E-state index < -0.39 is 15.8 Å². The highest BCUT2D eigenvalue weighted by atomic mass is 32.2. The Kier molecular flexibility index (Phi) is 6.29. The van der Waals surface area contributed by atoms with E-state index in [0.717, 1.165) is 23.2 Å². The molecule has 0 aliphatic heterocycles. The second-order valence-electron chi connectivity index (χ2n) is 6.44. The lowest BCUT2D eigenvalue weighted by Gasteiger charge is -2.04. The molecule has 0 aliphatic carbocycles. The first-order chi connectivity index (χ1) is 13.8. The van der Waals surface area contributed by atoms with Crippen LogP contribution in [0.5, 0.6) is 0 Å². The molecule has 7 nitrogen and oxygen atoms in total. The quantitative estimate of drug-likeness (QED) is 0.557. The van der Waals surface area contributed by atoms with Crippen LogP contribution in [0.25, 0.3) is 10.2 Å². The first kappa shape index (κ1) is 20.9. The summed E-state index contributed by atoms with van der Waals surface area (Å²) in [5.41, 5.74) is 1.65. The highest BCUT2D eigenvalue weighted by Gasteiger charge is 2.15. The topological polar surface area (TPSA) is 94.8 Å². The summed E-state index contributed by atoms with van der Waals surface area (Å²) in [5, 5.41) is 0. The molecule has 9 heteroatoms. The molecule has 0 saturated heterocycles. The minimum atomic E-state index is -3.38. The third-order valence-electron chi connectivity index (χ3n) is 4.29. The Labute approximate surface area is 172 Å². The van der Waals surface area contributed by atoms with Crippen LogP contribution in [0.2, 0.25) is 0 Å². The minimum Gasteiger partial charge on any atom is -0.468 e. The van der Waals surface area contributed by atoms with Crippen LogP contribution in [0.15, 0.2) is 58.4 Å². The SMILES string of the molecule is COC(=O)Cn1c(=NC(=O)CCc2ccccc2)sc2cc(S(C)(=O)=O)ccc21. The average molecular weight is 433 g/mol. The van der Waals surface area contributed by atoms with Crippen LogP contribution < -0.4 is 4.80 Å². The summed E-state index contributed by atoms with van der Waals surface area (Å²) in [7, 11) is -2.10. The van der Waals surface area contributed by atoms with Gasteiger partial charge in [0.2, 0.25) is 5.91 Å². The molecule has 0 N–H and O–H groups in total. The van der Waals surface area contributed by atoms with Crippen molar-refractivity contribution >= 4 is 43.3 Å². The van der Waals surface area contributed by atoms with Gasteiger partial charge < -0.3 is 9.30 Å². The predicted octanol–water partition coefficient (Wildman–Crippen LogP) is 2.34. The zero-order valence-electron chi connectivity index (χ0n) is 16.0. The summed E-state index contributed by atoms with van der Waals surface area (Å²) in [5.74, 6) is -0.808. The van der Waals surface area contributed by atoms with Gasteiger partial charge in [-0.25, -0.2) is 8.42 Å². The molecule has 3 aromatic rings. The largest absolute Gasteiger partial charge is 0.468 e. The van der Waals surface area contributed by atoms with Crippen LogP contribution >= 0.6 is 11.3 Å². The number of carbonyl (C=O) groups is 2. The first-order valence-electron chi connectivity index (χ1n) is 8.79. The third kappa shape index (κ3) is 5.18. The van der Waals surface area contributed by atoms with Gasteiger partial charge in [0, 0.05) is 12.7 Å². The lowest BCUT2D eigenvalue weighted by atomic mass is 10.1. The van der Waals surface area contributed by atoms with Crippen LogP contribution in [-0.4, -0.2) is 38.2 Å². The summed E-state index contributed by atoms with van der Waals surface area (Å²) in [6.45, 7) is -0.125. The standard InChI is InChI=1S/C20H20N2O5S2/c1-27-19(24)13-22-16-10-9-15(29(2,25)26)12-17(16)28-20(22)21-18(23)11-8-14-6-4-3-5-7-14/h3-7,9-10,12H,8,11,13H2,1-2H3. The molecule has 1 heterocycles. The molecule has 152 valence electrons. The van der Waals surface area contributed by atoms with E-state index in [1.54, 1.807) is 10.6 Å². The normalized spacial score (nSPS) is 12.3. The number of sulfone groups is 1. The fraction of sp³-hybridized carbons (Fsp3) is 0.250. The number of nitrogens with zero attached hydrogens (tertiary/aromatic N) is 2. The maximum Gasteiger partial charge on any atom is 0.325 e. The smallest absolute Gasteiger partial charge is 0.325 e. The molecule has 0 atom stereocenters. The van der Waals surface area contributed by atoms with Crippen LogP contribution in [-0.2, 0) is 37.1 Å². The van der Waals surface area contributed by atoms with Crippen molar-refractivity contribution in [1.29, 1.82) is 0 Å². The highest BCUT2D eigenvalue weighted by molar-refractivity contribution is 7.90. The van der Waals surface area contributed by atoms with Gasteiger partial charge in [0.05, 0.1) is 22.2 Å². The molecule has 0 spiro atoms. The Hall–Kier alpha value is -2.78. The van der Waals surface area contributed by atoms with E-state index in [1.165, 1.54) is 19.2 Å². The van der Waals surface area contributed by atoms with Gasteiger partial charge in [-0.15, -0.1) is 0 Å². The molecular formula is C20H20N2O5S2. The number of aromatic nitrogens is 1. The first-order valence-corrected chi connectivity index (χ1v) is 11.5. The Morgan fingerprint density at radius 3 is 2.52 bits per heavy atom. The summed E-state index contributed by atoms with van der Waals surface area (Å²) in [4.78, 5) is 28.9. The number of rotatable bonds is 6. The molecule has 29 heavy (non-hydrogen) atoms. The minimum absolute atomic E-state index is 0.125. The number of ether oxygens (including phenoxy) is 1. The molecule has 0 unspecified atom stereocenters. The Morgan fingerprint density at radius 1 is 1.14 bits per heavy atom. The number of amides is 1. The maximum absolute atomic E-state index is 12.4. The van der Waals surface area contributed by atoms with E-state index in [2.05, 4.69) is 4.99 Å². The van der Waals surface area contributed by atoms with Crippen LogP contribution in [0, 0.1) is 0 Å². The van der Waals surface area contributed by atoms with Crippen LogP contribution in [0.3, 0.4) is 0 Å².